The first-order chi connectivity index (χ1) is 12.1. The maximum atomic E-state index is 12.5. The lowest BCUT2D eigenvalue weighted by Crippen LogP contribution is -2.39. The maximum Gasteiger partial charge on any atom is 0.256 e. The number of hydrogen-bond acceptors (Lipinski definition) is 3. The van der Waals surface area contributed by atoms with Gasteiger partial charge in [0.1, 0.15) is 5.82 Å². The number of nitrogens with zero attached hydrogens (tertiary/aromatic N) is 2. The second-order valence-electron chi connectivity index (χ2n) is 6.73. The van der Waals surface area contributed by atoms with Crippen molar-refractivity contribution in [3.63, 3.8) is 0 Å². The van der Waals surface area contributed by atoms with E-state index >= 15 is 0 Å². The number of carbonyl (C=O) groups excluding carboxylic acids is 1. The Balaban J connectivity index is 1.80. The zero-order valence-corrected chi connectivity index (χ0v) is 15.0. The number of carbonyl (C=O) groups is 1. The van der Waals surface area contributed by atoms with Crippen molar-refractivity contribution in [2.24, 2.45) is 0 Å². The van der Waals surface area contributed by atoms with E-state index in [0.29, 0.717) is 37.3 Å². The zero-order chi connectivity index (χ0) is 17.8. The zero-order valence-electron chi connectivity index (χ0n) is 15.0. The lowest BCUT2D eigenvalue weighted by molar-refractivity contribution is -0.132. The topological polar surface area (TPSA) is 66.1 Å². The van der Waals surface area contributed by atoms with E-state index in [1.807, 2.05) is 31.2 Å². The van der Waals surface area contributed by atoms with Gasteiger partial charge in [-0.05, 0) is 19.4 Å². The first-order valence-corrected chi connectivity index (χ1v) is 9.05. The van der Waals surface area contributed by atoms with Crippen LogP contribution in [0.15, 0.2) is 29.1 Å². The fraction of sp³-hybridized carbons (Fsp3) is 0.450. The first kappa shape index (κ1) is 17.4. The van der Waals surface area contributed by atoms with Gasteiger partial charge in [-0.1, -0.05) is 43.5 Å². The SMILES string of the molecule is CCCCCC(=O)N1CCc2nc(-c3cccc(C)c3)[nH]c(=O)c2C1. The number of rotatable bonds is 5. The van der Waals surface area contributed by atoms with Gasteiger partial charge in [0.15, 0.2) is 0 Å². The van der Waals surface area contributed by atoms with E-state index in [9.17, 15) is 9.59 Å². The Morgan fingerprint density at radius 2 is 2.16 bits per heavy atom. The third-order valence-corrected chi connectivity index (χ3v) is 4.71. The summed E-state index contributed by atoms with van der Waals surface area (Å²) in [4.78, 5) is 34.2. The van der Waals surface area contributed by atoms with Crippen molar-refractivity contribution in [2.75, 3.05) is 6.54 Å². The van der Waals surface area contributed by atoms with Gasteiger partial charge in [-0.3, -0.25) is 9.59 Å². The molecule has 25 heavy (non-hydrogen) atoms. The largest absolute Gasteiger partial charge is 0.338 e. The molecule has 5 heteroatoms. The highest BCUT2D eigenvalue weighted by Crippen LogP contribution is 2.20. The van der Waals surface area contributed by atoms with Crippen molar-refractivity contribution < 1.29 is 4.79 Å². The van der Waals surface area contributed by atoms with Gasteiger partial charge in [0.2, 0.25) is 5.91 Å². The van der Waals surface area contributed by atoms with Crippen LogP contribution >= 0.6 is 0 Å². The minimum atomic E-state index is -0.132. The molecule has 1 amide bonds. The molecule has 0 bridgehead atoms. The number of nitrogens with one attached hydrogen (secondary N) is 1. The molecule has 0 atom stereocenters. The molecule has 2 aromatic rings. The van der Waals surface area contributed by atoms with Crippen LogP contribution in [0.3, 0.4) is 0 Å². The molecule has 0 spiro atoms. The number of hydrogen-bond donors (Lipinski definition) is 1. The smallest absolute Gasteiger partial charge is 0.256 e. The maximum absolute atomic E-state index is 12.5. The molecule has 0 aliphatic carbocycles. The summed E-state index contributed by atoms with van der Waals surface area (Å²) >= 11 is 0. The summed E-state index contributed by atoms with van der Waals surface area (Å²) in [5.74, 6) is 0.747. The molecule has 0 radical (unpaired) electrons. The van der Waals surface area contributed by atoms with Crippen molar-refractivity contribution in [1.29, 1.82) is 0 Å². The second kappa shape index (κ2) is 7.64. The van der Waals surface area contributed by atoms with Gasteiger partial charge in [-0.25, -0.2) is 4.98 Å². The lowest BCUT2D eigenvalue weighted by Gasteiger charge is -2.28. The van der Waals surface area contributed by atoms with Gasteiger partial charge in [-0.15, -0.1) is 0 Å². The van der Waals surface area contributed by atoms with Gasteiger partial charge in [-0.2, -0.15) is 0 Å². The molecule has 1 N–H and O–H groups in total. The summed E-state index contributed by atoms with van der Waals surface area (Å²) in [6.07, 6.45) is 4.28. The molecule has 1 aromatic heterocycles. The van der Waals surface area contributed by atoms with Crippen LogP contribution in [0, 0.1) is 6.92 Å². The molecule has 2 heterocycles. The summed E-state index contributed by atoms with van der Waals surface area (Å²) in [6, 6.07) is 7.93. The van der Waals surface area contributed by atoms with E-state index in [-0.39, 0.29) is 11.5 Å². The highest BCUT2D eigenvalue weighted by atomic mass is 16.2. The Bertz CT molecular complexity index is 826. The molecule has 0 fully saturated rings. The Labute approximate surface area is 148 Å². The fourth-order valence-corrected chi connectivity index (χ4v) is 3.25. The van der Waals surface area contributed by atoms with E-state index in [4.69, 9.17) is 0 Å². The normalized spacial score (nSPS) is 13.6. The number of unbranched alkanes of at least 4 members (excludes halogenated alkanes) is 2. The Hall–Kier alpha value is -2.43. The van der Waals surface area contributed by atoms with Gasteiger partial charge in [0.25, 0.3) is 5.56 Å². The van der Waals surface area contributed by atoms with Crippen molar-refractivity contribution in [1.82, 2.24) is 14.9 Å². The van der Waals surface area contributed by atoms with Crippen LogP contribution in [0.25, 0.3) is 11.4 Å². The predicted octanol–water partition coefficient (Wildman–Crippen LogP) is 3.21. The summed E-state index contributed by atoms with van der Waals surface area (Å²) in [7, 11) is 0. The van der Waals surface area contributed by atoms with Crippen LogP contribution in [0.1, 0.15) is 49.4 Å². The lowest BCUT2D eigenvalue weighted by atomic mass is 10.0. The Morgan fingerprint density at radius 3 is 2.92 bits per heavy atom. The number of aromatic amines is 1. The average Bonchev–Trinajstić information content (AvgIpc) is 2.61. The molecule has 1 aliphatic heterocycles. The summed E-state index contributed by atoms with van der Waals surface area (Å²) in [5, 5.41) is 0. The monoisotopic (exact) mass is 339 g/mol. The standard InChI is InChI=1S/C20H25N3O2/c1-3-4-5-9-18(24)23-11-10-17-16(13-23)20(25)22-19(21-17)15-8-6-7-14(2)12-15/h6-8,12H,3-5,9-11,13H2,1-2H3,(H,21,22,25). The van der Waals surface area contributed by atoms with E-state index in [1.165, 1.54) is 0 Å². The summed E-state index contributed by atoms with van der Waals surface area (Å²) in [5.41, 5.74) is 3.36. The molecule has 5 nitrogen and oxygen atoms in total. The molecule has 3 rings (SSSR count). The van der Waals surface area contributed by atoms with Gasteiger partial charge in [0.05, 0.1) is 17.8 Å². The van der Waals surface area contributed by atoms with Gasteiger partial charge >= 0.3 is 0 Å². The number of aromatic nitrogens is 2. The van der Waals surface area contributed by atoms with Crippen LogP contribution in [0.2, 0.25) is 0 Å². The fourth-order valence-electron chi connectivity index (χ4n) is 3.25. The Kier molecular flexibility index (Phi) is 5.31. The molecule has 0 unspecified atom stereocenters. The van der Waals surface area contributed by atoms with Crippen molar-refractivity contribution in [2.45, 2.75) is 52.5 Å². The highest BCUT2D eigenvalue weighted by Gasteiger charge is 2.24. The highest BCUT2D eigenvalue weighted by molar-refractivity contribution is 5.76. The number of fused-ring (bicyclic) bond motifs is 1. The first-order valence-electron chi connectivity index (χ1n) is 9.05. The number of benzene rings is 1. The van der Waals surface area contributed by atoms with Crippen LogP contribution < -0.4 is 5.56 Å². The third kappa shape index (κ3) is 3.98. The summed E-state index contributed by atoms with van der Waals surface area (Å²) < 4.78 is 0. The van der Waals surface area contributed by atoms with E-state index in [0.717, 1.165) is 36.1 Å². The van der Waals surface area contributed by atoms with Gasteiger partial charge in [0, 0.05) is 24.9 Å². The molecular formula is C20H25N3O2. The van der Waals surface area contributed by atoms with Crippen molar-refractivity contribution >= 4 is 5.91 Å². The van der Waals surface area contributed by atoms with Crippen LogP contribution in [0.5, 0.6) is 0 Å². The second-order valence-corrected chi connectivity index (χ2v) is 6.73. The molecular weight excluding hydrogens is 314 g/mol. The molecule has 1 aliphatic rings. The molecule has 0 saturated carbocycles. The average molecular weight is 339 g/mol. The third-order valence-electron chi connectivity index (χ3n) is 4.71. The minimum Gasteiger partial charge on any atom is -0.338 e. The van der Waals surface area contributed by atoms with Gasteiger partial charge < -0.3 is 9.88 Å². The van der Waals surface area contributed by atoms with E-state index in [1.54, 1.807) is 4.90 Å². The van der Waals surface area contributed by atoms with E-state index in [2.05, 4.69) is 16.9 Å². The predicted molar refractivity (Wildman–Crippen MR) is 98.3 cm³/mol. The number of aryl methyl sites for hydroxylation is 1. The minimum absolute atomic E-state index is 0.132. The molecule has 0 saturated heterocycles. The number of H-pyrrole nitrogens is 1. The van der Waals surface area contributed by atoms with Crippen LogP contribution in [-0.2, 0) is 17.8 Å². The van der Waals surface area contributed by atoms with Crippen LogP contribution in [0.4, 0.5) is 0 Å². The molecule has 1 aromatic carbocycles. The van der Waals surface area contributed by atoms with Crippen molar-refractivity contribution in [3.05, 3.63) is 51.4 Å². The van der Waals surface area contributed by atoms with E-state index < -0.39 is 0 Å². The summed E-state index contributed by atoms with van der Waals surface area (Å²) in [6.45, 7) is 5.15. The quantitative estimate of drug-likeness (QED) is 0.851. The molecule has 132 valence electrons. The number of amides is 1. The van der Waals surface area contributed by atoms with Crippen molar-refractivity contribution in [3.8, 4) is 11.4 Å². The van der Waals surface area contributed by atoms with Crippen LogP contribution in [-0.4, -0.2) is 27.3 Å². The Morgan fingerprint density at radius 1 is 1.32 bits per heavy atom.